The van der Waals surface area contributed by atoms with E-state index in [4.69, 9.17) is 4.89 Å². The van der Waals surface area contributed by atoms with Crippen LogP contribution in [0.25, 0.3) is 0 Å². The van der Waals surface area contributed by atoms with E-state index in [1.54, 1.807) is 13.0 Å². The van der Waals surface area contributed by atoms with Gasteiger partial charge in [0.15, 0.2) is 12.0 Å². The van der Waals surface area contributed by atoms with E-state index in [0.717, 1.165) is 0 Å². The maximum atomic E-state index is 10.3. The van der Waals surface area contributed by atoms with Crippen LogP contribution < -0.4 is 4.89 Å². The van der Waals surface area contributed by atoms with Gasteiger partial charge in [-0.2, -0.15) is 4.89 Å². The van der Waals surface area contributed by atoms with Gasteiger partial charge in [-0.25, -0.2) is 0 Å². The largest absolute Gasteiger partial charge is 0.507 e. The van der Waals surface area contributed by atoms with Crippen molar-refractivity contribution >= 4 is 6.29 Å². The van der Waals surface area contributed by atoms with Crippen molar-refractivity contribution in [2.24, 2.45) is 0 Å². The fraction of sp³-hybridized carbons (Fsp3) is 0.222. The van der Waals surface area contributed by atoms with Gasteiger partial charge in [-0.1, -0.05) is 0 Å². The number of hydrogen-bond donors (Lipinski definition) is 1. The molecule has 4 nitrogen and oxygen atoms in total. The lowest BCUT2D eigenvalue weighted by atomic mass is 10.2. The first-order valence-corrected chi connectivity index (χ1v) is 3.85. The summed E-state index contributed by atoms with van der Waals surface area (Å²) in [5.74, 6) is 0.247. The fourth-order valence-corrected chi connectivity index (χ4v) is 0.802. The fourth-order valence-electron chi connectivity index (χ4n) is 0.802. The first kappa shape index (κ1) is 9.54. The molecule has 0 saturated heterocycles. The number of carbonyl (C=O) groups excluding carboxylic acids is 1. The van der Waals surface area contributed by atoms with Crippen molar-refractivity contribution in [3.05, 3.63) is 23.8 Å². The third-order valence-corrected chi connectivity index (χ3v) is 1.40. The second kappa shape index (κ2) is 4.47. The Morgan fingerprint density at radius 2 is 2.31 bits per heavy atom. The van der Waals surface area contributed by atoms with Crippen molar-refractivity contribution in [3.63, 3.8) is 0 Å². The van der Waals surface area contributed by atoms with E-state index < -0.39 is 0 Å². The first-order valence-electron chi connectivity index (χ1n) is 3.85. The van der Waals surface area contributed by atoms with Crippen molar-refractivity contribution in [1.29, 1.82) is 0 Å². The molecule has 13 heavy (non-hydrogen) atoms. The zero-order chi connectivity index (χ0) is 9.68. The van der Waals surface area contributed by atoms with Gasteiger partial charge in [-0.3, -0.25) is 4.79 Å². The highest BCUT2D eigenvalue weighted by atomic mass is 17.2. The maximum Gasteiger partial charge on any atom is 0.169 e. The maximum absolute atomic E-state index is 10.3. The lowest BCUT2D eigenvalue weighted by Gasteiger charge is -2.03. The van der Waals surface area contributed by atoms with E-state index in [-0.39, 0.29) is 11.3 Å². The van der Waals surface area contributed by atoms with E-state index in [2.05, 4.69) is 4.89 Å². The molecule has 1 aromatic rings. The number of rotatable bonds is 4. The predicted octanol–water partition coefficient (Wildman–Crippen LogP) is 1.53. The minimum absolute atomic E-state index is 0.118. The average molecular weight is 182 g/mol. The van der Waals surface area contributed by atoms with Crippen molar-refractivity contribution in [1.82, 2.24) is 0 Å². The Kier molecular flexibility index (Phi) is 3.28. The lowest BCUT2D eigenvalue weighted by Crippen LogP contribution is -1.95. The highest BCUT2D eigenvalue weighted by Gasteiger charge is 2.02. The summed E-state index contributed by atoms with van der Waals surface area (Å²) in [4.78, 5) is 19.7. The van der Waals surface area contributed by atoms with Gasteiger partial charge in [0, 0.05) is 6.07 Å². The molecular formula is C9H10O4. The quantitative estimate of drug-likeness (QED) is 0.436. The van der Waals surface area contributed by atoms with Crippen LogP contribution in [-0.2, 0) is 4.89 Å². The van der Waals surface area contributed by atoms with Crippen LogP contribution in [0.3, 0.4) is 0 Å². The van der Waals surface area contributed by atoms with Crippen molar-refractivity contribution in [3.8, 4) is 11.5 Å². The number of phenolic OH excluding ortho intramolecular Hbond substituents is 1. The molecule has 0 fully saturated rings. The Morgan fingerprint density at radius 1 is 1.54 bits per heavy atom. The summed E-state index contributed by atoms with van der Waals surface area (Å²) < 4.78 is 0. The van der Waals surface area contributed by atoms with E-state index in [1.807, 2.05) is 0 Å². The summed E-state index contributed by atoms with van der Waals surface area (Å²) in [7, 11) is 0. The van der Waals surface area contributed by atoms with Crippen LogP contribution in [0.15, 0.2) is 18.2 Å². The molecule has 0 spiro atoms. The summed E-state index contributed by atoms with van der Waals surface area (Å²) in [6, 6.07) is 4.31. The predicted molar refractivity (Wildman–Crippen MR) is 45.7 cm³/mol. The van der Waals surface area contributed by atoms with Crippen LogP contribution >= 0.6 is 0 Å². The van der Waals surface area contributed by atoms with Gasteiger partial charge in [-0.15, -0.1) is 0 Å². The summed E-state index contributed by atoms with van der Waals surface area (Å²) in [6.45, 7) is 2.19. The van der Waals surface area contributed by atoms with Gasteiger partial charge in [-0.05, 0) is 19.1 Å². The number of hydrogen-bond acceptors (Lipinski definition) is 4. The molecule has 0 aliphatic carbocycles. The first-order chi connectivity index (χ1) is 6.27. The number of phenols is 1. The number of aldehydes is 1. The molecule has 0 saturated carbocycles. The standard InChI is InChI=1S/C9H10O4/c1-2-12-13-8-4-3-7(6-10)9(11)5-8/h3-6,11H,2H2,1H3. The van der Waals surface area contributed by atoms with E-state index in [1.165, 1.54) is 12.1 Å². The van der Waals surface area contributed by atoms with Gasteiger partial charge in [0.05, 0.1) is 12.2 Å². The molecule has 1 rings (SSSR count). The van der Waals surface area contributed by atoms with Crippen molar-refractivity contribution in [2.75, 3.05) is 6.61 Å². The number of aromatic hydroxyl groups is 1. The van der Waals surface area contributed by atoms with Crippen LogP contribution in [0.5, 0.6) is 11.5 Å². The zero-order valence-corrected chi connectivity index (χ0v) is 7.19. The van der Waals surface area contributed by atoms with Gasteiger partial charge >= 0.3 is 0 Å². The molecule has 0 radical (unpaired) electrons. The third-order valence-electron chi connectivity index (χ3n) is 1.40. The summed E-state index contributed by atoms with van der Waals surface area (Å²) >= 11 is 0. The molecule has 0 atom stereocenters. The molecule has 0 aliphatic rings. The second-order valence-corrected chi connectivity index (χ2v) is 2.33. The topological polar surface area (TPSA) is 55.8 Å². The highest BCUT2D eigenvalue weighted by molar-refractivity contribution is 5.79. The van der Waals surface area contributed by atoms with Crippen LogP contribution in [0, 0.1) is 0 Å². The zero-order valence-electron chi connectivity index (χ0n) is 7.19. The van der Waals surface area contributed by atoms with Gasteiger partial charge in [0.25, 0.3) is 0 Å². The Hall–Kier alpha value is -1.55. The lowest BCUT2D eigenvalue weighted by molar-refractivity contribution is -0.202. The molecule has 0 bridgehead atoms. The van der Waals surface area contributed by atoms with Crippen LogP contribution in [-0.4, -0.2) is 18.0 Å². The molecule has 0 aliphatic heterocycles. The molecule has 0 aromatic heterocycles. The Balaban J connectivity index is 2.77. The van der Waals surface area contributed by atoms with Crippen molar-refractivity contribution in [2.45, 2.75) is 6.92 Å². The van der Waals surface area contributed by atoms with E-state index >= 15 is 0 Å². The minimum atomic E-state index is -0.118. The minimum Gasteiger partial charge on any atom is -0.507 e. The monoisotopic (exact) mass is 182 g/mol. The summed E-state index contributed by atoms with van der Waals surface area (Å²) in [6.07, 6.45) is 0.569. The smallest absolute Gasteiger partial charge is 0.169 e. The Morgan fingerprint density at radius 3 is 2.85 bits per heavy atom. The summed E-state index contributed by atoms with van der Waals surface area (Å²) in [5, 5.41) is 9.22. The second-order valence-electron chi connectivity index (χ2n) is 2.33. The Labute approximate surface area is 75.6 Å². The molecule has 1 N–H and O–H groups in total. The van der Waals surface area contributed by atoms with E-state index in [9.17, 15) is 9.90 Å². The van der Waals surface area contributed by atoms with Gasteiger partial charge in [0.1, 0.15) is 5.75 Å². The normalized spacial score (nSPS) is 9.62. The van der Waals surface area contributed by atoms with Crippen LogP contribution in [0.4, 0.5) is 0 Å². The van der Waals surface area contributed by atoms with Gasteiger partial charge < -0.3 is 9.99 Å². The molecule has 70 valence electrons. The van der Waals surface area contributed by atoms with Crippen LogP contribution in [0.1, 0.15) is 17.3 Å². The number of carbonyl (C=O) groups is 1. The van der Waals surface area contributed by atoms with Crippen LogP contribution in [0.2, 0.25) is 0 Å². The SMILES string of the molecule is CCOOc1ccc(C=O)c(O)c1. The molecule has 0 unspecified atom stereocenters. The third kappa shape index (κ3) is 2.45. The van der Waals surface area contributed by atoms with Crippen molar-refractivity contribution < 1.29 is 19.7 Å². The molecule has 0 heterocycles. The average Bonchev–Trinajstić information content (AvgIpc) is 2.15. The van der Waals surface area contributed by atoms with E-state index in [0.29, 0.717) is 18.6 Å². The molecule has 0 amide bonds. The molecule has 4 heteroatoms. The highest BCUT2D eigenvalue weighted by Crippen LogP contribution is 2.22. The summed E-state index contributed by atoms with van der Waals surface area (Å²) in [5.41, 5.74) is 0.226. The Bertz CT molecular complexity index is 296. The molecular weight excluding hydrogens is 172 g/mol. The number of benzene rings is 1. The van der Waals surface area contributed by atoms with Gasteiger partial charge in [0.2, 0.25) is 0 Å². The molecule has 1 aromatic carbocycles.